The van der Waals surface area contributed by atoms with Crippen LogP contribution in [0.5, 0.6) is 0 Å². The second-order valence-corrected chi connectivity index (χ2v) is 5.83. The zero-order chi connectivity index (χ0) is 12.5. The van der Waals surface area contributed by atoms with E-state index in [9.17, 15) is 4.79 Å². The molecule has 2 unspecified atom stereocenters. The fraction of sp³-hybridized carbons (Fsp3) is 0.923. The van der Waals surface area contributed by atoms with E-state index in [1.54, 1.807) is 0 Å². The van der Waals surface area contributed by atoms with Crippen molar-refractivity contribution in [3.8, 4) is 0 Å². The van der Waals surface area contributed by atoms with Crippen molar-refractivity contribution in [3.05, 3.63) is 0 Å². The van der Waals surface area contributed by atoms with E-state index in [4.69, 9.17) is 0 Å². The first-order valence-electron chi connectivity index (χ1n) is 6.77. The van der Waals surface area contributed by atoms with E-state index >= 15 is 0 Å². The normalized spacial score (nSPS) is 35.9. The number of carbonyl (C=O) groups excluding carboxylic acids is 1. The van der Waals surface area contributed by atoms with Crippen LogP contribution in [0.4, 0.5) is 0 Å². The largest absolute Gasteiger partial charge is 0.336 e. The topological polar surface area (TPSA) is 35.6 Å². The van der Waals surface area contributed by atoms with Gasteiger partial charge in [-0.2, -0.15) is 0 Å². The van der Waals surface area contributed by atoms with Crippen molar-refractivity contribution in [2.75, 3.05) is 33.2 Å². The summed E-state index contributed by atoms with van der Waals surface area (Å²) in [6.45, 7) is 8.05. The Kier molecular flexibility index (Phi) is 3.73. The number of nitrogens with one attached hydrogen (secondary N) is 1. The molecule has 0 radical (unpaired) electrons. The zero-order valence-corrected chi connectivity index (χ0v) is 11.3. The molecule has 17 heavy (non-hydrogen) atoms. The summed E-state index contributed by atoms with van der Waals surface area (Å²) in [4.78, 5) is 17.0. The summed E-state index contributed by atoms with van der Waals surface area (Å²) >= 11 is 0. The third-order valence-corrected chi connectivity index (χ3v) is 4.18. The van der Waals surface area contributed by atoms with Crippen LogP contribution in [-0.4, -0.2) is 60.5 Å². The van der Waals surface area contributed by atoms with Crippen molar-refractivity contribution < 1.29 is 4.79 Å². The fourth-order valence-corrected chi connectivity index (χ4v) is 3.00. The van der Waals surface area contributed by atoms with E-state index in [2.05, 4.69) is 36.0 Å². The lowest BCUT2D eigenvalue weighted by atomic mass is 9.89. The maximum Gasteiger partial charge on any atom is 0.242 e. The van der Waals surface area contributed by atoms with Crippen molar-refractivity contribution in [2.24, 2.45) is 0 Å². The molecule has 2 fully saturated rings. The number of likely N-dealkylation sites (N-methyl/N-ethyl adjacent to an activating group) is 1. The van der Waals surface area contributed by atoms with Gasteiger partial charge in [0.05, 0.1) is 5.54 Å². The van der Waals surface area contributed by atoms with Gasteiger partial charge in [0.25, 0.3) is 0 Å². The van der Waals surface area contributed by atoms with Crippen LogP contribution in [0.25, 0.3) is 0 Å². The van der Waals surface area contributed by atoms with Crippen molar-refractivity contribution in [3.63, 3.8) is 0 Å². The third-order valence-electron chi connectivity index (χ3n) is 4.18. The molecule has 2 aliphatic rings. The minimum Gasteiger partial charge on any atom is -0.336 e. The lowest BCUT2D eigenvalue weighted by molar-refractivity contribution is -0.143. The number of piperidine rings is 1. The van der Waals surface area contributed by atoms with Crippen molar-refractivity contribution in [1.82, 2.24) is 15.1 Å². The van der Waals surface area contributed by atoms with Gasteiger partial charge in [-0.3, -0.25) is 4.79 Å². The summed E-state index contributed by atoms with van der Waals surface area (Å²) in [5.74, 6) is 0.304. The van der Waals surface area contributed by atoms with Crippen LogP contribution in [0.1, 0.15) is 33.1 Å². The highest BCUT2D eigenvalue weighted by molar-refractivity contribution is 5.86. The van der Waals surface area contributed by atoms with E-state index in [0.29, 0.717) is 11.9 Å². The Morgan fingerprint density at radius 2 is 2.12 bits per heavy atom. The summed E-state index contributed by atoms with van der Waals surface area (Å²) in [6.07, 6.45) is 3.34. The molecule has 4 heteroatoms. The third kappa shape index (κ3) is 2.63. The molecule has 2 rings (SSSR count). The highest BCUT2D eigenvalue weighted by Gasteiger charge is 2.39. The molecule has 1 amide bonds. The van der Waals surface area contributed by atoms with Gasteiger partial charge >= 0.3 is 0 Å². The first-order valence-corrected chi connectivity index (χ1v) is 6.77. The van der Waals surface area contributed by atoms with Crippen molar-refractivity contribution >= 4 is 5.91 Å². The molecule has 0 aromatic rings. The molecule has 1 N–H and O–H groups in total. The van der Waals surface area contributed by atoms with Gasteiger partial charge in [0, 0.05) is 25.7 Å². The highest BCUT2D eigenvalue weighted by atomic mass is 16.2. The average molecular weight is 239 g/mol. The number of hydrogen-bond acceptors (Lipinski definition) is 3. The Bertz CT molecular complexity index is 286. The van der Waals surface area contributed by atoms with Crippen LogP contribution >= 0.6 is 0 Å². The standard InChI is InChI=1S/C13H25N3O/c1-11-10-15(3)8-9-16(11)12(17)13(2)6-4-5-7-14-13/h11,14H,4-10H2,1-3H3. The van der Waals surface area contributed by atoms with Gasteiger partial charge in [-0.25, -0.2) is 0 Å². The molecule has 2 saturated heterocycles. The average Bonchev–Trinajstić information content (AvgIpc) is 2.29. The van der Waals surface area contributed by atoms with E-state index in [-0.39, 0.29) is 5.54 Å². The van der Waals surface area contributed by atoms with Crippen molar-refractivity contribution in [2.45, 2.75) is 44.7 Å². The summed E-state index contributed by atoms with van der Waals surface area (Å²) < 4.78 is 0. The maximum atomic E-state index is 12.6. The van der Waals surface area contributed by atoms with Crippen LogP contribution in [0, 0.1) is 0 Å². The van der Waals surface area contributed by atoms with Gasteiger partial charge in [-0.15, -0.1) is 0 Å². The zero-order valence-electron chi connectivity index (χ0n) is 11.3. The molecule has 2 atom stereocenters. The Balaban J connectivity index is 2.03. The Labute approximate surface area is 104 Å². The van der Waals surface area contributed by atoms with E-state index in [1.807, 2.05) is 0 Å². The summed E-state index contributed by atoms with van der Waals surface area (Å²) in [5.41, 5.74) is -0.317. The van der Waals surface area contributed by atoms with Gasteiger partial charge in [-0.1, -0.05) is 0 Å². The molecule has 0 bridgehead atoms. The molecule has 2 aliphatic heterocycles. The smallest absolute Gasteiger partial charge is 0.242 e. The number of hydrogen-bond donors (Lipinski definition) is 1. The predicted molar refractivity (Wildman–Crippen MR) is 68.9 cm³/mol. The van der Waals surface area contributed by atoms with Crippen LogP contribution in [0.2, 0.25) is 0 Å². The fourth-order valence-electron chi connectivity index (χ4n) is 3.00. The first-order chi connectivity index (χ1) is 8.03. The second-order valence-electron chi connectivity index (χ2n) is 5.83. The SMILES string of the molecule is CC1CN(C)CCN1C(=O)C1(C)CCCCN1. The Morgan fingerprint density at radius 3 is 2.71 bits per heavy atom. The van der Waals surface area contributed by atoms with Gasteiger partial charge in [0.15, 0.2) is 0 Å². The van der Waals surface area contributed by atoms with Crippen LogP contribution in [-0.2, 0) is 4.79 Å². The summed E-state index contributed by atoms with van der Waals surface area (Å²) in [7, 11) is 2.12. The molecule has 0 aromatic heterocycles. The number of amides is 1. The second kappa shape index (κ2) is 4.94. The molecule has 0 saturated carbocycles. The maximum absolute atomic E-state index is 12.6. The quantitative estimate of drug-likeness (QED) is 0.731. The van der Waals surface area contributed by atoms with E-state index in [1.165, 1.54) is 6.42 Å². The molecule has 98 valence electrons. The van der Waals surface area contributed by atoms with Gasteiger partial charge in [0.2, 0.25) is 5.91 Å². The number of rotatable bonds is 1. The number of carbonyl (C=O) groups is 1. The van der Waals surface area contributed by atoms with Gasteiger partial charge in [-0.05, 0) is 46.7 Å². The monoisotopic (exact) mass is 239 g/mol. The molecule has 0 aliphatic carbocycles. The van der Waals surface area contributed by atoms with Gasteiger partial charge in [0.1, 0.15) is 0 Å². The summed E-state index contributed by atoms with van der Waals surface area (Å²) in [6, 6.07) is 0.335. The molecular formula is C13H25N3O. The number of piperazine rings is 1. The molecule has 0 aromatic carbocycles. The lowest BCUT2D eigenvalue weighted by Crippen LogP contribution is -2.63. The molecule has 0 spiro atoms. The molecular weight excluding hydrogens is 214 g/mol. The Morgan fingerprint density at radius 1 is 1.35 bits per heavy atom. The van der Waals surface area contributed by atoms with E-state index in [0.717, 1.165) is 39.0 Å². The van der Waals surface area contributed by atoms with E-state index < -0.39 is 0 Å². The molecule has 4 nitrogen and oxygen atoms in total. The lowest BCUT2D eigenvalue weighted by Gasteiger charge is -2.44. The van der Waals surface area contributed by atoms with Crippen molar-refractivity contribution in [1.29, 1.82) is 0 Å². The summed E-state index contributed by atoms with van der Waals surface area (Å²) in [5, 5.41) is 3.42. The Hall–Kier alpha value is -0.610. The molecule has 2 heterocycles. The van der Waals surface area contributed by atoms with Crippen LogP contribution in [0.3, 0.4) is 0 Å². The van der Waals surface area contributed by atoms with Gasteiger partial charge < -0.3 is 15.1 Å². The highest BCUT2D eigenvalue weighted by Crippen LogP contribution is 2.23. The minimum absolute atomic E-state index is 0.304. The minimum atomic E-state index is -0.317. The number of nitrogens with zero attached hydrogens (tertiary/aromatic N) is 2. The van der Waals surface area contributed by atoms with Crippen LogP contribution in [0.15, 0.2) is 0 Å². The first kappa shape index (κ1) is 12.8. The predicted octanol–water partition coefficient (Wildman–Crippen LogP) is 0.681. The van der Waals surface area contributed by atoms with Crippen LogP contribution < -0.4 is 5.32 Å².